The molecule has 2 aromatic rings. The number of hydrogen-bond acceptors (Lipinski definition) is 5. The molecule has 3 rings (SSSR count). The van der Waals surface area contributed by atoms with E-state index in [1.165, 1.54) is 14.2 Å². The summed E-state index contributed by atoms with van der Waals surface area (Å²) in [7, 11) is 3.05. The number of ether oxygens (including phenoxy) is 3. The summed E-state index contributed by atoms with van der Waals surface area (Å²) in [6.07, 6.45) is 3.28. The van der Waals surface area contributed by atoms with E-state index in [9.17, 15) is 9.59 Å². The van der Waals surface area contributed by atoms with Gasteiger partial charge in [0, 0.05) is 16.8 Å². The molecule has 1 amide bonds. The molecule has 0 aromatic heterocycles. The van der Waals surface area contributed by atoms with Crippen molar-refractivity contribution in [1.82, 2.24) is 0 Å². The van der Waals surface area contributed by atoms with Gasteiger partial charge in [-0.25, -0.2) is 0 Å². The Morgan fingerprint density at radius 3 is 2.28 bits per heavy atom. The quantitative estimate of drug-likeness (QED) is 0.678. The maximum atomic E-state index is 12.9. The van der Waals surface area contributed by atoms with E-state index in [-0.39, 0.29) is 12.6 Å². The fraction of sp³-hybridized carbons (Fsp3) is 0.364. The summed E-state index contributed by atoms with van der Waals surface area (Å²) >= 11 is 5.98. The molecule has 2 aromatic carbocycles. The van der Waals surface area contributed by atoms with Gasteiger partial charge >= 0.3 is 5.97 Å². The average Bonchev–Trinajstić information content (AvgIpc) is 3.23. The standard InChI is InChI=1S/C22H24ClNO5/c1-27-18-10-9-17(13-19(18)28-2)24-20(25)14-29-21(26)22(11-3-4-12-22)15-5-7-16(23)8-6-15/h5-10,13H,3-4,11-12,14H2,1-2H3,(H,24,25). The molecule has 1 fully saturated rings. The molecule has 154 valence electrons. The molecule has 0 unspecified atom stereocenters. The highest BCUT2D eigenvalue weighted by atomic mass is 35.5. The van der Waals surface area contributed by atoms with Crippen LogP contribution < -0.4 is 14.8 Å². The Hall–Kier alpha value is -2.73. The number of methoxy groups -OCH3 is 2. The summed E-state index contributed by atoms with van der Waals surface area (Å²) in [4.78, 5) is 25.2. The molecule has 7 heteroatoms. The third-order valence-electron chi connectivity index (χ3n) is 5.25. The van der Waals surface area contributed by atoms with Crippen LogP contribution in [0, 0.1) is 0 Å². The Morgan fingerprint density at radius 2 is 1.66 bits per heavy atom. The van der Waals surface area contributed by atoms with E-state index >= 15 is 0 Å². The van der Waals surface area contributed by atoms with Gasteiger partial charge in [-0.2, -0.15) is 0 Å². The van der Waals surface area contributed by atoms with Crippen molar-refractivity contribution in [3.05, 3.63) is 53.1 Å². The summed E-state index contributed by atoms with van der Waals surface area (Å²) in [5.41, 5.74) is 0.690. The zero-order valence-corrected chi connectivity index (χ0v) is 17.3. The lowest BCUT2D eigenvalue weighted by molar-refractivity contribution is -0.153. The fourth-order valence-corrected chi connectivity index (χ4v) is 3.86. The van der Waals surface area contributed by atoms with Crippen LogP contribution in [-0.2, 0) is 19.7 Å². The Labute approximate surface area is 175 Å². The zero-order chi connectivity index (χ0) is 20.9. The van der Waals surface area contributed by atoms with Crippen molar-refractivity contribution in [1.29, 1.82) is 0 Å². The van der Waals surface area contributed by atoms with Gasteiger partial charge in [0.25, 0.3) is 5.91 Å². The van der Waals surface area contributed by atoms with E-state index in [1.54, 1.807) is 30.3 Å². The molecule has 29 heavy (non-hydrogen) atoms. The van der Waals surface area contributed by atoms with Gasteiger partial charge in [0.2, 0.25) is 0 Å². The van der Waals surface area contributed by atoms with Crippen molar-refractivity contribution in [2.24, 2.45) is 0 Å². The molecule has 1 saturated carbocycles. The van der Waals surface area contributed by atoms with Crippen LogP contribution in [0.3, 0.4) is 0 Å². The highest BCUT2D eigenvalue weighted by Gasteiger charge is 2.44. The lowest BCUT2D eigenvalue weighted by Crippen LogP contribution is -2.36. The fourth-order valence-electron chi connectivity index (χ4n) is 3.74. The van der Waals surface area contributed by atoms with Crippen molar-refractivity contribution < 1.29 is 23.8 Å². The molecular formula is C22H24ClNO5. The van der Waals surface area contributed by atoms with Crippen molar-refractivity contribution in [2.45, 2.75) is 31.1 Å². The molecule has 1 aliphatic rings. The predicted molar refractivity (Wildman–Crippen MR) is 111 cm³/mol. The van der Waals surface area contributed by atoms with E-state index in [0.717, 1.165) is 18.4 Å². The number of carbonyl (C=O) groups is 2. The third-order valence-corrected chi connectivity index (χ3v) is 5.50. The molecule has 0 heterocycles. The number of esters is 1. The molecule has 0 atom stereocenters. The van der Waals surface area contributed by atoms with Crippen molar-refractivity contribution in [3.63, 3.8) is 0 Å². The second-order valence-electron chi connectivity index (χ2n) is 6.99. The topological polar surface area (TPSA) is 73.9 Å². The molecule has 0 aliphatic heterocycles. The first-order valence-electron chi connectivity index (χ1n) is 9.43. The number of anilines is 1. The van der Waals surface area contributed by atoms with Gasteiger partial charge in [0.05, 0.1) is 19.6 Å². The van der Waals surface area contributed by atoms with Crippen LogP contribution in [0.15, 0.2) is 42.5 Å². The van der Waals surface area contributed by atoms with Crippen LogP contribution in [0.2, 0.25) is 5.02 Å². The molecule has 6 nitrogen and oxygen atoms in total. The number of benzene rings is 2. The van der Waals surface area contributed by atoms with Gasteiger partial charge in [0.15, 0.2) is 18.1 Å². The summed E-state index contributed by atoms with van der Waals surface area (Å²) in [6, 6.07) is 12.3. The first-order valence-corrected chi connectivity index (χ1v) is 9.81. The van der Waals surface area contributed by atoms with Gasteiger partial charge in [-0.15, -0.1) is 0 Å². The number of hydrogen-bond donors (Lipinski definition) is 1. The van der Waals surface area contributed by atoms with Gasteiger partial charge in [-0.3, -0.25) is 9.59 Å². The Bertz CT molecular complexity index is 875. The number of nitrogens with one attached hydrogen (secondary N) is 1. The lowest BCUT2D eigenvalue weighted by Gasteiger charge is -2.27. The van der Waals surface area contributed by atoms with E-state index in [1.807, 2.05) is 12.1 Å². The Balaban J connectivity index is 1.64. The molecule has 0 saturated heterocycles. The molecule has 0 spiro atoms. The van der Waals surface area contributed by atoms with E-state index < -0.39 is 11.3 Å². The summed E-state index contributed by atoms with van der Waals surface area (Å²) in [6.45, 7) is -0.359. The monoisotopic (exact) mass is 417 g/mol. The van der Waals surface area contributed by atoms with Crippen LogP contribution >= 0.6 is 11.6 Å². The van der Waals surface area contributed by atoms with Crippen molar-refractivity contribution in [2.75, 3.05) is 26.1 Å². The van der Waals surface area contributed by atoms with E-state index in [4.69, 9.17) is 25.8 Å². The molecule has 1 aliphatic carbocycles. The van der Waals surface area contributed by atoms with Crippen LogP contribution in [0.1, 0.15) is 31.2 Å². The highest BCUT2D eigenvalue weighted by Crippen LogP contribution is 2.42. The maximum absolute atomic E-state index is 12.9. The second-order valence-corrected chi connectivity index (χ2v) is 7.43. The predicted octanol–water partition coefficient (Wildman–Crippen LogP) is 4.35. The number of amides is 1. The third kappa shape index (κ3) is 4.65. The lowest BCUT2D eigenvalue weighted by atomic mass is 9.79. The SMILES string of the molecule is COc1ccc(NC(=O)COC(=O)C2(c3ccc(Cl)cc3)CCCC2)cc1OC. The minimum absolute atomic E-state index is 0.359. The Morgan fingerprint density at radius 1 is 1.00 bits per heavy atom. The van der Waals surface area contributed by atoms with E-state index in [0.29, 0.717) is 35.1 Å². The average molecular weight is 418 g/mol. The number of carbonyl (C=O) groups excluding carboxylic acids is 2. The molecule has 0 bridgehead atoms. The first-order chi connectivity index (χ1) is 14.0. The minimum atomic E-state index is -0.714. The normalized spacial score (nSPS) is 14.9. The first kappa shape index (κ1) is 21.0. The maximum Gasteiger partial charge on any atom is 0.317 e. The largest absolute Gasteiger partial charge is 0.493 e. The molecule has 1 N–H and O–H groups in total. The number of halogens is 1. The molecule has 0 radical (unpaired) electrons. The number of rotatable bonds is 7. The van der Waals surface area contributed by atoms with Crippen LogP contribution in [-0.4, -0.2) is 32.7 Å². The van der Waals surface area contributed by atoms with Crippen LogP contribution in [0.25, 0.3) is 0 Å². The van der Waals surface area contributed by atoms with Crippen LogP contribution in [0.5, 0.6) is 11.5 Å². The second kappa shape index (κ2) is 9.18. The summed E-state index contributed by atoms with van der Waals surface area (Å²) < 4.78 is 15.8. The Kier molecular flexibility index (Phi) is 6.64. The molecular weight excluding hydrogens is 394 g/mol. The van der Waals surface area contributed by atoms with Crippen molar-refractivity contribution >= 4 is 29.2 Å². The van der Waals surface area contributed by atoms with Crippen LogP contribution in [0.4, 0.5) is 5.69 Å². The van der Waals surface area contributed by atoms with Gasteiger partial charge < -0.3 is 19.5 Å². The minimum Gasteiger partial charge on any atom is -0.493 e. The smallest absolute Gasteiger partial charge is 0.317 e. The van der Waals surface area contributed by atoms with Gasteiger partial charge in [0.1, 0.15) is 0 Å². The summed E-state index contributed by atoms with van der Waals surface area (Å²) in [5.74, 6) is 0.257. The van der Waals surface area contributed by atoms with E-state index in [2.05, 4.69) is 5.32 Å². The highest BCUT2D eigenvalue weighted by molar-refractivity contribution is 6.30. The zero-order valence-electron chi connectivity index (χ0n) is 16.5. The van der Waals surface area contributed by atoms with Gasteiger partial charge in [-0.1, -0.05) is 36.6 Å². The summed E-state index contributed by atoms with van der Waals surface area (Å²) in [5, 5.41) is 3.32. The van der Waals surface area contributed by atoms with Gasteiger partial charge in [-0.05, 0) is 42.7 Å². The van der Waals surface area contributed by atoms with Crippen molar-refractivity contribution in [3.8, 4) is 11.5 Å².